The number of nitrogens with zero attached hydrogens (tertiary/aromatic N) is 4. The normalized spacial score (nSPS) is 16.5. The van der Waals surface area contributed by atoms with Gasteiger partial charge in [0.15, 0.2) is 29.3 Å². The summed E-state index contributed by atoms with van der Waals surface area (Å²) in [6.07, 6.45) is 2.75. The van der Waals surface area contributed by atoms with Crippen molar-refractivity contribution in [2.75, 3.05) is 35.0 Å². The predicted molar refractivity (Wildman–Crippen MR) is 179 cm³/mol. The molecule has 0 radical (unpaired) electrons. The summed E-state index contributed by atoms with van der Waals surface area (Å²) in [7, 11) is 1.55. The van der Waals surface area contributed by atoms with Gasteiger partial charge in [0.1, 0.15) is 12.4 Å². The quantitative estimate of drug-likeness (QED) is 0.181. The molecule has 0 aromatic heterocycles. The molecule has 1 saturated heterocycles. The third-order valence-electron chi connectivity index (χ3n) is 8.06. The maximum atomic E-state index is 14.6. The number of carbonyl (C=O) groups excluding carboxylic acids is 1. The zero-order chi connectivity index (χ0) is 31.5. The Morgan fingerprint density at radius 1 is 0.933 bits per heavy atom. The number of anilines is 3. The topological polar surface area (TPSA) is 57.6 Å². The Hall–Kier alpha value is -4.27. The number of Topliss-reactive ketones (excluding diaryl/α,β-unsaturated/α-hetero) is 1. The number of para-hydroxylation sites is 1. The van der Waals surface area contributed by atoms with E-state index < -0.39 is 6.17 Å². The number of carbonyl (C=O) groups is 1. The summed E-state index contributed by atoms with van der Waals surface area (Å²) >= 11 is 13.2. The van der Waals surface area contributed by atoms with Crippen molar-refractivity contribution < 1.29 is 18.7 Å². The minimum Gasteiger partial charge on any atom is -0.493 e. The molecule has 45 heavy (non-hydrogen) atoms. The highest BCUT2D eigenvalue weighted by Crippen LogP contribution is 2.46. The first-order valence-electron chi connectivity index (χ1n) is 14.9. The number of methoxy groups -OCH3 is 1. The summed E-state index contributed by atoms with van der Waals surface area (Å²) in [5.41, 5.74) is 3.38. The molecule has 0 amide bonds. The Labute approximate surface area is 272 Å². The van der Waals surface area contributed by atoms with Crippen molar-refractivity contribution in [1.29, 1.82) is 0 Å². The molecule has 0 bridgehead atoms. The van der Waals surface area contributed by atoms with Crippen LogP contribution in [0.5, 0.6) is 11.5 Å². The molecule has 2 heterocycles. The largest absolute Gasteiger partial charge is 0.493 e. The van der Waals surface area contributed by atoms with Crippen LogP contribution < -0.4 is 24.3 Å². The second-order valence-electron chi connectivity index (χ2n) is 11.0. The van der Waals surface area contributed by atoms with E-state index >= 15 is 0 Å². The number of hydrazone groups is 1. The van der Waals surface area contributed by atoms with Crippen molar-refractivity contribution in [3.63, 3.8) is 0 Å². The van der Waals surface area contributed by atoms with E-state index in [1.165, 1.54) is 19.4 Å². The number of hydrogen-bond donors (Lipinski definition) is 0. The van der Waals surface area contributed by atoms with Gasteiger partial charge >= 0.3 is 0 Å². The number of ketones is 1. The smallest absolute Gasteiger partial charge is 0.198 e. The summed E-state index contributed by atoms with van der Waals surface area (Å²) in [5.74, 6) is 0.469. The van der Waals surface area contributed by atoms with Gasteiger partial charge in [-0.1, -0.05) is 53.5 Å². The fourth-order valence-corrected chi connectivity index (χ4v) is 6.27. The molecule has 10 heteroatoms. The van der Waals surface area contributed by atoms with Gasteiger partial charge in [-0.2, -0.15) is 0 Å². The minimum absolute atomic E-state index is 0.0372. The number of rotatable bonds is 9. The van der Waals surface area contributed by atoms with Crippen molar-refractivity contribution >= 4 is 51.9 Å². The number of halogens is 3. The second-order valence-corrected chi connectivity index (χ2v) is 11.8. The Kier molecular flexibility index (Phi) is 9.14. The lowest BCUT2D eigenvalue weighted by Gasteiger charge is -2.34. The van der Waals surface area contributed by atoms with Crippen LogP contribution in [-0.2, 0) is 11.4 Å². The first-order valence-corrected chi connectivity index (χ1v) is 15.6. The number of ether oxygens (including phenoxy) is 2. The third kappa shape index (κ3) is 6.30. The average Bonchev–Trinajstić information content (AvgIpc) is 3.46. The molecule has 232 valence electrons. The van der Waals surface area contributed by atoms with Crippen LogP contribution in [0.1, 0.15) is 43.5 Å². The second kappa shape index (κ2) is 13.4. The van der Waals surface area contributed by atoms with Crippen molar-refractivity contribution in [2.45, 2.75) is 39.0 Å². The molecular weight excluding hydrogens is 614 g/mol. The third-order valence-corrected chi connectivity index (χ3v) is 8.61. The van der Waals surface area contributed by atoms with E-state index in [0.717, 1.165) is 31.6 Å². The Morgan fingerprint density at radius 3 is 2.36 bits per heavy atom. The molecular formula is C35H33Cl2FN4O3. The summed E-state index contributed by atoms with van der Waals surface area (Å²) in [5, 5.41) is 7.75. The Balaban J connectivity index is 1.49. The number of piperidine rings is 1. The molecule has 6 rings (SSSR count). The van der Waals surface area contributed by atoms with Gasteiger partial charge in [-0.3, -0.25) is 9.69 Å². The van der Waals surface area contributed by atoms with Crippen LogP contribution in [0.2, 0.25) is 10.0 Å². The van der Waals surface area contributed by atoms with Crippen molar-refractivity contribution in [3.8, 4) is 11.5 Å². The molecule has 0 saturated carbocycles. The highest BCUT2D eigenvalue weighted by Gasteiger charge is 2.41. The fraction of sp³-hybridized carbons (Fsp3) is 0.257. The van der Waals surface area contributed by atoms with Gasteiger partial charge in [-0.15, -0.1) is 5.10 Å². The standard InChI is InChI=1S/C35H33Cl2FN4O3/c1-23(43)34-39-42(26-15-13-25(36)14-16-26)35(41(34)27-17-18-31(29(37)21-27)40-19-6-3-7-20-40)28-10-8-12-32(44-2)33(28)45-22-24-9-4-5-11-30(24)38/h4-5,8-18,21,35H,3,6-7,19-20,22H2,1-2H3/t35-/m0/s1. The highest BCUT2D eigenvalue weighted by atomic mass is 35.5. The lowest BCUT2D eigenvalue weighted by atomic mass is 10.1. The molecule has 4 aromatic rings. The van der Waals surface area contributed by atoms with E-state index in [9.17, 15) is 9.18 Å². The van der Waals surface area contributed by atoms with E-state index in [0.29, 0.717) is 44.0 Å². The molecule has 1 atom stereocenters. The fourth-order valence-electron chi connectivity index (χ4n) is 5.85. The van der Waals surface area contributed by atoms with Crippen LogP contribution in [-0.4, -0.2) is 31.8 Å². The van der Waals surface area contributed by atoms with Crippen LogP contribution in [0.25, 0.3) is 0 Å². The van der Waals surface area contributed by atoms with Gasteiger partial charge in [-0.05, 0) is 73.9 Å². The van der Waals surface area contributed by atoms with Crippen molar-refractivity contribution in [2.24, 2.45) is 5.10 Å². The van der Waals surface area contributed by atoms with Crippen molar-refractivity contribution in [3.05, 3.63) is 112 Å². The van der Waals surface area contributed by atoms with E-state index in [1.54, 1.807) is 48.5 Å². The van der Waals surface area contributed by atoms with Gasteiger partial charge in [0.25, 0.3) is 0 Å². The highest BCUT2D eigenvalue weighted by molar-refractivity contribution is 6.44. The van der Waals surface area contributed by atoms with Crippen LogP contribution in [0, 0.1) is 5.82 Å². The van der Waals surface area contributed by atoms with E-state index in [4.69, 9.17) is 37.8 Å². The van der Waals surface area contributed by atoms with Crippen LogP contribution in [0.3, 0.4) is 0 Å². The van der Waals surface area contributed by atoms with Crippen LogP contribution >= 0.6 is 23.2 Å². The minimum atomic E-state index is -0.701. The molecule has 2 aliphatic heterocycles. The summed E-state index contributed by atoms with van der Waals surface area (Å²) in [4.78, 5) is 17.4. The Bertz CT molecular complexity index is 1730. The van der Waals surface area contributed by atoms with E-state index in [2.05, 4.69) is 4.90 Å². The van der Waals surface area contributed by atoms with E-state index in [1.807, 2.05) is 47.4 Å². The maximum absolute atomic E-state index is 14.6. The zero-order valence-electron chi connectivity index (χ0n) is 25.1. The number of amidine groups is 1. The summed E-state index contributed by atoms with van der Waals surface area (Å²) in [6, 6.07) is 25.0. The Morgan fingerprint density at radius 2 is 1.67 bits per heavy atom. The predicted octanol–water partition coefficient (Wildman–Crippen LogP) is 8.64. The van der Waals surface area contributed by atoms with Gasteiger partial charge in [0.05, 0.1) is 23.5 Å². The number of benzene rings is 4. The van der Waals surface area contributed by atoms with Crippen molar-refractivity contribution in [1.82, 2.24) is 0 Å². The molecule has 4 aromatic carbocycles. The molecule has 1 fully saturated rings. The first kappa shape index (κ1) is 30.7. The SMILES string of the molecule is COc1cccc([C@@H]2N(c3ccc(Cl)cc3)N=C(C(C)=O)N2c2ccc(N3CCCCC3)c(Cl)c2)c1OCc1ccccc1F. The lowest BCUT2D eigenvalue weighted by molar-refractivity contribution is -0.111. The van der Waals surface area contributed by atoms with Crippen LogP contribution in [0.15, 0.2) is 90.0 Å². The molecule has 0 aliphatic carbocycles. The zero-order valence-corrected chi connectivity index (χ0v) is 26.6. The van der Waals surface area contributed by atoms with Gasteiger partial charge < -0.3 is 14.4 Å². The summed E-state index contributed by atoms with van der Waals surface area (Å²) < 4.78 is 26.7. The number of hydrogen-bond acceptors (Lipinski definition) is 7. The summed E-state index contributed by atoms with van der Waals surface area (Å²) in [6.45, 7) is 3.34. The molecule has 0 spiro atoms. The van der Waals surface area contributed by atoms with E-state index in [-0.39, 0.29) is 24.0 Å². The van der Waals surface area contributed by atoms with Gasteiger partial charge in [0, 0.05) is 41.9 Å². The first-order chi connectivity index (χ1) is 21.9. The van der Waals surface area contributed by atoms with Gasteiger partial charge in [0.2, 0.25) is 0 Å². The molecule has 2 aliphatic rings. The average molecular weight is 648 g/mol. The molecule has 7 nitrogen and oxygen atoms in total. The van der Waals surface area contributed by atoms with Crippen LogP contribution in [0.4, 0.5) is 21.5 Å². The van der Waals surface area contributed by atoms with Gasteiger partial charge in [-0.25, -0.2) is 9.40 Å². The maximum Gasteiger partial charge on any atom is 0.198 e. The molecule has 0 unspecified atom stereocenters. The molecule has 0 N–H and O–H groups in total. The monoisotopic (exact) mass is 646 g/mol. The lowest BCUT2D eigenvalue weighted by Crippen LogP contribution is -2.38.